The molecule has 0 bridgehead atoms. The SMILES string of the molecule is O=C(O)c1cc(C2CC2)n(-c2ncccn2)n1. The molecule has 2 aromatic heterocycles. The van der Waals surface area contributed by atoms with Crippen molar-refractivity contribution in [1.82, 2.24) is 19.7 Å². The number of rotatable bonds is 3. The van der Waals surface area contributed by atoms with E-state index in [2.05, 4.69) is 15.1 Å². The number of carboxylic acid groups (broad SMARTS) is 1. The molecule has 0 aliphatic heterocycles. The Labute approximate surface area is 96.9 Å². The van der Waals surface area contributed by atoms with Crippen LogP contribution in [0.1, 0.15) is 34.9 Å². The fourth-order valence-electron chi connectivity index (χ4n) is 1.73. The standard InChI is InChI=1S/C11H10N4O2/c16-10(17)8-6-9(7-2-3-7)15(14-8)11-12-4-1-5-13-11/h1,4-7H,2-3H2,(H,16,17). The lowest BCUT2D eigenvalue weighted by Crippen LogP contribution is -2.06. The van der Waals surface area contributed by atoms with Crippen LogP contribution < -0.4 is 0 Å². The van der Waals surface area contributed by atoms with Crippen molar-refractivity contribution in [3.63, 3.8) is 0 Å². The van der Waals surface area contributed by atoms with E-state index in [0.29, 0.717) is 11.9 Å². The first-order valence-electron chi connectivity index (χ1n) is 5.36. The number of aromatic nitrogens is 4. The lowest BCUT2D eigenvalue weighted by Gasteiger charge is -2.02. The molecule has 6 heteroatoms. The summed E-state index contributed by atoms with van der Waals surface area (Å²) in [4.78, 5) is 19.1. The first-order valence-corrected chi connectivity index (χ1v) is 5.36. The van der Waals surface area contributed by atoms with Gasteiger partial charge in [0, 0.05) is 18.3 Å². The van der Waals surface area contributed by atoms with E-state index in [1.807, 2.05) is 0 Å². The van der Waals surface area contributed by atoms with Crippen molar-refractivity contribution in [1.29, 1.82) is 0 Å². The van der Waals surface area contributed by atoms with Crippen LogP contribution in [0, 0.1) is 0 Å². The van der Waals surface area contributed by atoms with Gasteiger partial charge in [-0.15, -0.1) is 0 Å². The van der Waals surface area contributed by atoms with Crippen LogP contribution in [-0.4, -0.2) is 30.8 Å². The molecule has 1 aliphatic carbocycles. The van der Waals surface area contributed by atoms with Crippen molar-refractivity contribution < 1.29 is 9.90 Å². The molecule has 3 rings (SSSR count). The zero-order valence-corrected chi connectivity index (χ0v) is 8.95. The molecule has 1 saturated carbocycles. The number of nitrogens with zero attached hydrogens (tertiary/aromatic N) is 4. The third-order valence-corrected chi connectivity index (χ3v) is 2.69. The molecule has 0 spiro atoms. The minimum Gasteiger partial charge on any atom is -0.476 e. The zero-order valence-electron chi connectivity index (χ0n) is 8.95. The number of hydrogen-bond acceptors (Lipinski definition) is 4. The predicted octanol–water partition coefficient (Wildman–Crippen LogP) is 1.24. The first kappa shape index (κ1) is 9.95. The summed E-state index contributed by atoms with van der Waals surface area (Å²) in [6, 6.07) is 3.32. The smallest absolute Gasteiger partial charge is 0.356 e. The second-order valence-electron chi connectivity index (χ2n) is 3.99. The summed E-state index contributed by atoms with van der Waals surface area (Å²) in [6.45, 7) is 0. The van der Waals surface area contributed by atoms with Gasteiger partial charge in [0.2, 0.25) is 0 Å². The number of hydrogen-bond donors (Lipinski definition) is 1. The van der Waals surface area contributed by atoms with Crippen LogP contribution >= 0.6 is 0 Å². The van der Waals surface area contributed by atoms with Crippen LogP contribution in [0.25, 0.3) is 5.95 Å². The summed E-state index contributed by atoms with van der Waals surface area (Å²) in [5.41, 5.74) is 0.924. The molecule has 0 radical (unpaired) electrons. The molecule has 1 aliphatic rings. The quantitative estimate of drug-likeness (QED) is 0.857. The largest absolute Gasteiger partial charge is 0.476 e. The van der Waals surface area contributed by atoms with Crippen molar-refractivity contribution in [3.8, 4) is 5.95 Å². The van der Waals surface area contributed by atoms with Crippen LogP contribution in [0.4, 0.5) is 0 Å². The van der Waals surface area contributed by atoms with E-state index in [9.17, 15) is 4.79 Å². The Morgan fingerprint density at radius 1 is 1.35 bits per heavy atom. The van der Waals surface area contributed by atoms with Gasteiger partial charge < -0.3 is 5.11 Å². The van der Waals surface area contributed by atoms with E-state index < -0.39 is 5.97 Å². The Bertz CT molecular complexity index is 560. The van der Waals surface area contributed by atoms with Crippen LogP contribution in [0.2, 0.25) is 0 Å². The van der Waals surface area contributed by atoms with Crippen molar-refractivity contribution in [2.75, 3.05) is 0 Å². The van der Waals surface area contributed by atoms with Gasteiger partial charge in [-0.1, -0.05) is 0 Å². The van der Waals surface area contributed by atoms with Gasteiger partial charge >= 0.3 is 5.97 Å². The Kier molecular flexibility index (Phi) is 2.14. The topological polar surface area (TPSA) is 80.9 Å². The van der Waals surface area contributed by atoms with E-state index in [1.165, 1.54) is 4.68 Å². The molecule has 1 N–H and O–H groups in total. The molecule has 0 unspecified atom stereocenters. The normalized spacial score (nSPS) is 14.8. The van der Waals surface area contributed by atoms with E-state index in [0.717, 1.165) is 18.5 Å². The minimum atomic E-state index is -1.03. The monoisotopic (exact) mass is 230 g/mol. The molecule has 0 aromatic carbocycles. The summed E-state index contributed by atoms with van der Waals surface area (Å²) in [6.07, 6.45) is 5.36. The Morgan fingerprint density at radius 2 is 2.06 bits per heavy atom. The average Bonchev–Trinajstić information content (AvgIpc) is 3.09. The van der Waals surface area contributed by atoms with Crippen molar-refractivity contribution >= 4 is 5.97 Å². The Hall–Kier alpha value is -2.24. The van der Waals surface area contributed by atoms with Crippen molar-refractivity contribution in [2.24, 2.45) is 0 Å². The highest BCUT2D eigenvalue weighted by atomic mass is 16.4. The van der Waals surface area contributed by atoms with Gasteiger partial charge in [0.05, 0.1) is 5.69 Å². The molecule has 0 amide bonds. The molecule has 0 saturated heterocycles. The maximum atomic E-state index is 10.9. The fraction of sp³-hybridized carbons (Fsp3) is 0.273. The van der Waals surface area contributed by atoms with E-state index in [-0.39, 0.29) is 5.69 Å². The first-order chi connectivity index (χ1) is 8.25. The molecule has 2 heterocycles. The highest BCUT2D eigenvalue weighted by molar-refractivity contribution is 5.85. The summed E-state index contributed by atoms with van der Waals surface area (Å²) >= 11 is 0. The van der Waals surface area contributed by atoms with Gasteiger partial charge in [-0.05, 0) is 25.0 Å². The molecule has 1 fully saturated rings. The van der Waals surface area contributed by atoms with Crippen molar-refractivity contribution in [2.45, 2.75) is 18.8 Å². The number of carbonyl (C=O) groups is 1. The maximum Gasteiger partial charge on any atom is 0.356 e. The molecule has 6 nitrogen and oxygen atoms in total. The second-order valence-corrected chi connectivity index (χ2v) is 3.99. The van der Waals surface area contributed by atoms with Gasteiger partial charge in [-0.2, -0.15) is 5.10 Å². The van der Waals surface area contributed by atoms with Gasteiger partial charge in [0.15, 0.2) is 5.69 Å². The van der Waals surface area contributed by atoms with Crippen LogP contribution in [0.15, 0.2) is 24.5 Å². The molecule has 86 valence electrons. The number of aromatic carboxylic acids is 1. The van der Waals surface area contributed by atoms with E-state index in [4.69, 9.17) is 5.11 Å². The minimum absolute atomic E-state index is 0.0411. The molecule has 17 heavy (non-hydrogen) atoms. The average molecular weight is 230 g/mol. The highest BCUT2D eigenvalue weighted by Gasteiger charge is 2.30. The molecular formula is C11H10N4O2. The van der Waals surface area contributed by atoms with Gasteiger partial charge in [0.1, 0.15) is 0 Å². The Morgan fingerprint density at radius 3 is 2.65 bits per heavy atom. The van der Waals surface area contributed by atoms with Gasteiger partial charge in [-0.3, -0.25) is 0 Å². The lowest BCUT2D eigenvalue weighted by atomic mass is 10.2. The fourth-order valence-corrected chi connectivity index (χ4v) is 1.73. The summed E-state index contributed by atoms with van der Waals surface area (Å²) in [5, 5.41) is 13.0. The maximum absolute atomic E-state index is 10.9. The molecule has 2 aromatic rings. The van der Waals surface area contributed by atoms with E-state index in [1.54, 1.807) is 24.5 Å². The summed E-state index contributed by atoms with van der Waals surface area (Å²) in [5.74, 6) is -0.220. The Balaban J connectivity index is 2.11. The van der Waals surface area contributed by atoms with Crippen LogP contribution in [-0.2, 0) is 0 Å². The number of carboxylic acids is 1. The third-order valence-electron chi connectivity index (χ3n) is 2.69. The predicted molar refractivity (Wildman–Crippen MR) is 58.1 cm³/mol. The summed E-state index contributed by atoms with van der Waals surface area (Å²) in [7, 11) is 0. The highest BCUT2D eigenvalue weighted by Crippen LogP contribution is 2.40. The van der Waals surface area contributed by atoms with E-state index >= 15 is 0 Å². The third kappa shape index (κ3) is 1.77. The van der Waals surface area contributed by atoms with Crippen LogP contribution in [0.3, 0.4) is 0 Å². The second kappa shape index (κ2) is 3.65. The lowest BCUT2D eigenvalue weighted by molar-refractivity contribution is 0.0690. The summed E-state index contributed by atoms with van der Waals surface area (Å²) < 4.78 is 1.53. The van der Waals surface area contributed by atoms with Crippen LogP contribution in [0.5, 0.6) is 0 Å². The van der Waals surface area contributed by atoms with Crippen molar-refractivity contribution in [3.05, 3.63) is 35.9 Å². The molecule has 0 atom stereocenters. The zero-order chi connectivity index (χ0) is 11.8. The van der Waals surface area contributed by atoms with Gasteiger partial charge in [-0.25, -0.2) is 19.4 Å². The molecular weight excluding hydrogens is 220 g/mol. The van der Waals surface area contributed by atoms with Gasteiger partial charge in [0.25, 0.3) is 5.95 Å².